The Labute approximate surface area is 135 Å². The monoisotopic (exact) mass is 308 g/mol. The molecular formula is C20H20O3. The van der Waals surface area contributed by atoms with Crippen molar-refractivity contribution in [2.24, 2.45) is 0 Å². The van der Waals surface area contributed by atoms with Crippen molar-refractivity contribution < 1.29 is 9.15 Å². The molecule has 0 unspecified atom stereocenters. The number of aryl methyl sites for hydroxylation is 1. The van der Waals surface area contributed by atoms with Crippen molar-refractivity contribution >= 4 is 11.0 Å². The summed E-state index contributed by atoms with van der Waals surface area (Å²) in [5.74, 6) is 0.801. The molecule has 0 saturated carbocycles. The fourth-order valence-electron chi connectivity index (χ4n) is 2.85. The predicted octanol–water partition coefficient (Wildman–Crippen LogP) is 4.81. The summed E-state index contributed by atoms with van der Waals surface area (Å²) < 4.78 is 11.1. The maximum Gasteiger partial charge on any atom is 0.336 e. The van der Waals surface area contributed by atoms with Crippen LogP contribution in [0.25, 0.3) is 22.1 Å². The number of hydrogen-bond acceptors (Lipinski definition) is 3. The van der Waals surface area contributed by atoms with Crippen LogP contribution in [0.5, 0.6) is 5.75 Å². The van der Waals surface area contributed by atoms with Crippen LogP contribution < -0.4 is 10.4 Å². The third-order valence-electron chi connectivity index (χ3n) is 3.83. The molecule has 0 aliphatic heterocycles. The molecule has 0 aliphatic carbocycles. The second-order valence-corrected chi connectivity index (χ2v) is 5.48. The molecule has 118 valence electrons. The lowest BCUT2D eigenvalue weighted by molar-refractivity contribution is 0.336. The maximum atomic E-state index is 11.9. The van der Waals surface area contributed by atoms with Crippen LogP contribution in [0.4, 0.5) is 0 Å². The van der Waals surface area contributed by atoms with Crippen molar-refractivity contribution in [2.75, 3.05) is 6.61 Å². The van der Waals surface area contributed by atoms with Crippen molar-refractivity contribution in [2.45, 2.75) is 26.7 Å². The normalized spacial score (nSPS) is 10.9. The molecule has 0 aliphatic rings. The van der Waals surface area contributed by atoms with Crippen LogP contribution in [0.3, 0.4) is 0 Å². The summed E-state index contributed by atoms with van der Waals surface area (Å²) >= 11 is 0. The summed E-state index contributed by atoms with van der Waals surface area (Å²) in [6.07, 6.45) is 1.96. The first-order valence-corrected chi connectivity index (χ1v) is 8.02. The number of rotatable bonds is 5. The van der Waals surface area contributed by atoms with Gasteiger partial charge in [-0.2, -0.15) is 0 Å². The maximum absolute atomic E-state index is 11.9. The van der Waals surface area contributed by atoms with Crippen LogP contribution in [0.15, 0.2) is 57.7 Å². The summed E-state index contributed by atoms with van der Waals surface area (Å²) in [7, 11) is 0. The Hall–Kier alpha value is -2.55. The lowest BCUT2D eigenvalue weighted by atomic mass is 9.98. The molecule has 0 amide bonds. The average Bonchev–Trinajstić information content (AvgIpc) is 2.56. The van der Waals surface area contributed by atoms with Gasteiger partial charge in [0.15, 0.2) is 0 Å². The molecule has 0 spiro atoms. The summed E-state index contributed by atoms with van der Waals surface area (Å²) in [6, 6.07) is 15.4. The summed E-state index contributed by atoms with van der Waals surface area (Å²) in [4.78, 5) is 11.9. The van der Waals surface area contributed by atoms with Gasteiger partial charge in [-0.1, -0.05) is 43.7 Å². The second-order valence-electron chi connectivity index (χ2n) is 5.48. The fraction of sp³-hybridized carbons (Fsp3) is 0.250. The molecule has 1 aromatic heterocycles. The number of benzene rings is 2. The lowest BCUT2D eigenvalue weighted by Crippen LogP contribution is -2.01. The molecule has 0 saturated heterocycles. The first-order valence-electron chi connectivity index (χ1n) is 8.02. The molecule has 0 radical (unpaired) electrons. The van der Waals surface area contributed by atoms with Gasteiger partial charge >= 0.3 is 5.63 Å². The van der Waals surface area contributed by atoms with Crippen LogP contribution in [0.1, 0.15) is 25.8 Å². The molecule has 0 atom stereocenters. The molecule has 3 aromatic rings. The number of hydrogen-bond donors (Lipinski definition) is 0. The molecule has 1 heterocycles. The Balaban J connectivity index is 2.28. The highest BCUT2D eigenvalue weighted by Gasteiger charge is 2.12. The Morgan fingerprint density at radius 3 is 2.52 bits per heavy atom. The van der Waals surface area contributed by atoms with Gasteiger partial charge in [0.05, 0.1) is 6.61 Å². The molecule has 3 nitrogen and oxygen atoms in total. The Kier molecular flexibility index (Phi) is 4.47. The van der Waals surface area contributed by atoms with Crippen molar-refractivity contribution in [3.8, 4) is 16.9 Å². The molecule has 0 fully saturated rings. The molecular weight excluding hydrogens is 288 g/mol. The van der Waals surface area contributed by atoms with E-state index < -0.39 is 0 Å². The minimum absolute atomic E-state index is 0.345. The number of ether oxygens (including phenoxy) is 1. The van der Waals surface area contributed by atoms with Crippen LogP contribution in [0.2, 0.25) is 0 Å². The topological polar surface area (TPSA) is 39.4 Å². The van der Waals surface area contributed by atoms with Crippen molar-refractivity contribution in [1.29, 1.82) is 0 Å². The second kappa shape index (κ2) is 6.69. The van der Waals surface area contributed by atoms with Crippen molar-refractivity contribution in [3.63, 3.8) is 0 Å². The SMILES string of the molecule is CCCc1cc2c(-c3ccccc3)cc(=O)oc2cc1OCC. The molecule has 3 heteroatoms. The van der Waals surface area contributed by atoms with Crippen LogP contribution in [-0.2, 0) is 6.42 Å². The van der Waals surface area contributed by atoms with E-state index in [9.17, 15) is 4.79 Å². The van der Waals surface area contributed by atoms with E-state index in [1.54, 1.807) is 6.07 Å². The highest BCUT2D eigenvalue weighted by Crippen LogP contribution is 2.32. The highest BCUT2D eigenvalue weighted by atomic mass is 16.5. The zero-order valence-electron chi connectivity index (χ0n) is 13.5. The lowest BCUT2D eigenvalue weighted by Gasteiger charge is -2.13. The van der Waals surface area contributed by atoms with Gasteiger partial charge in [-0.25, -0.2) is 4.79 Å². The Morgan fingerprint density at radius 2 is 1.83 bits per heavy atom. The molecule has 23 heavy (non-hydrogen) atoms. The third-order valence-corrected chi connectivity index (χ3v) is 3.83. The largest absolute Gasteiger partial charge is 0.493 e. The third kappa shape index (κ3) is 3.14. The Morgan fingerprint density at radius 1 is 1.04 bits per heavy atom. The molecule has 0 bridgehead atoms. The zero-order valence-corrected chi connectivity index (χ0v) is 13.5. The van der Waals surface area contributed by atoms with E-state index in [2.05, 4.69) is 13.0 Å². The van der Waals surface area contributed by atoms with E-state index >= 15 is 0 Å². The average molecular weight is 308 g/mol. The van der Waals surface area contributed by atoms with Crippen LogP contribution in [0, 0.1) is 0 Å². The quantitative estimate of drug-likeness (QED) is 0.635. The molecule has 2 aromatic carbocycles. The van der Waals surface area contributed by atoms with Crippen molar-refractivity contribution in [1.82, 2.24) is 0 Å². The van der Waals surface area contributed by atoms with Crippen LogP contribution >= 0.6 is 0 Å². The highest BCUT2D eigenvalue weighted by molar-refractivity contribution is 5.94. The zero-order chi connectivity index (χ0) is 16.2. The van der Waals surface area contributed by atoms with Gasteiger partial charge in [-0.05, 0) is 36.1 Å². The van der Waals surface area contributed by atoms with Gasteiger partial charge in [0.1, 0.15) is 11.3 Å². The summed E-state index contributed by atoms with van der Waals surface area (Å²) in [5, 5.41) is 0.947. The van der Waals surface area contributed by atoms with Crippen molar-refractivity contribution in [3.05, 3.63) is 64.5 Å². The van der Waals surface area contributed by atoms with E-state index in [1.807, 2.05) is 43.3 Å². The minimum atomic E-state index is -0.345. The van der Waals surface area contributed by atoms with E-state index in [4.69, 9.17) is 9.15 Å². The summed E-state index contributed by atoms with van der Waals surface area (Å²) in [6.45, 7) is 4.68. The van der Waals surface area contributed by atoms with Gasteiger partial charge < -0.3 is 9.15 Å². The van der Waals surface area contributed by atoms with Gasteiger partial charge in [0.2, 0.25) is 0 Å². The van der Waals surface area contributed by atoms with Gasteiger partial charge in [0.25, 0.3) is 0 Å². The van der Waals surface area contributed by atoms with Gasteiger partial charge in [-0.3, -0.25) is 0 Å². The molecule has 0 N–H and O–H groups in total. The van der Waals surface area contributed by atoms with E-state index in [-0.39, 0.29) is 5.63 Å². The first kappa shape index (κ1) is 15.3. The number of fused-ring (bicyclic) bond motifs is 1. The van der Waals surface area contributed by atoms with E-state index in [0.717, 1.165) is 40.7 Å². The van der Waals surface area contributed by atoms with E-state index in [0.29, 0.717) is 12.2 Å². The van der Waals surface area contributed by atoms with Crippen LogP contribution in [-0.4, -0.2) is 6.61 Å². The molecule has 3 rings (SSSR count). The summed E-state index contributed by atoms with van der Waals surface area (Å²) in [5.41, 5.74) is 3.28. The van der Waals surface area contributed by atoms with Gasteiger partial charge in [0, 0.05) is 17.5 Å². The Bertz CT molecular complexity index is 863. The van der Waals surface area contributed by atoms with Gasteiger partial charge in [-0.15, -0.1) is 0 Å². The predicted molar refractivity (Wildman–Crippen MR) is 93.1 cm³/mol. The minimum Gasteiger partial charge on any atom is -0.493 e. The smallest absolute Gasteiger partial charge is 0.336 e. The first-order chi connectivity index (χ1) is 11.2. The standard InChI is InChI=1S/C20H20O3/c1-3-8-15-11-17-16(14-9-6-5-7-10-14)12-20(21)23-19(17)13-18(15)22-4-2/h5-7,9-13H,3-4,8H2,1-2H3. The fourth-order valence-corrected chi connectivity index (χ4v) is 2.85. The van der Waals surface area contributed by atoms with E-state index in [1.165, 1.54) is 0 Å².